The van der Waals surface area contributed by atoms with Crippen LogP contribution in [0.5, 0.6) is 0 Å². The van der Waals surface area contributed by atoms with Gasteiger partial charge in [0.2, 0.25) is 0 Å². The Bertz CT molecular complexity index is 1040. The van der Waals surface area contributed by atoms with Gasteiger partial charge in [-0.25, -0.2) is 9.78 Å². The molecule has 27 heavy (non-hydrogen) atoms. The van der Waals surface area contributed by atoms with E-state index in [1.807, 2.05) is 54.6 Å². The zero-order valence-electron chi connectivity index (χ0n) is 15.0. The minimum atomic E-state index is -0.429. The van der Waals surface area contributed by atoms with E-state index in [0.29, 0.717) is 5.69 Å². The molecule has 0 atom stereocenters. The van der Waals surface area contributed by atoms with Crippen molar-refractivity contribution in [3.05, 3.63) is 114 Å². The molecule has 0 saturated carbocycles. The quantitative estimate of drug-likeness (QED) is 0.473. The van der Waals surface area contributed by atoms with Gasteiger partial charge in [-0.1, -0.05) is 84.9 Å². The number of nitrogens with zero attached hydrogens (tertiary/aromatic N) is 1. The Morgan fingerprint density at radius 2 is 1.37 bits per heavy atom. The van der Waals surface area contributed by atoms with Crippen molar-refractivity contribution in [3.63, 3.8) is 0 Å². The molecule has 0 bridgehead atoms. The van der Waals surface area contributed by atoms with Crippen molar-refractivity contribution in [1.29, 1.82) is 0 Å². The highest BCUT2D eigenvalue weighted by molar-refractivity contribution is 5.94. The monoisotopic (exact) mass is 353 g/mol. The number of fused-ring (bicyclic) bond motifs is 1. The topological polar surface area (TPSA) is 39.2 Å². The third-order valence-corrected chi connectivity index (χ3v) is 4.70. The fraction of sp³-hybridized carbons (Fsp3) is 0.0833. The number of benzene rings is 3. The maximum absolute atomic E-state index is 12.2. The van der Waals surface area contributed by atoms with Crippen LogP contribution in [0.25, 0.3) is 10.8 Å². The minimum Gasteiger partial charge on any atom is -0.464 e. The first-order chi connectivity index (χ1) is 13.3. The largest absolute Gasteiger partial charge is 0.464 e. The number of esters is 1. The molecule has 132 valence electrons. The Balaban J connectivity index is 2.02. The lowest BCUT2D eigenvalue weighted by atomic mass is 9.86. The highest BCUT2D eigenvalue weighted by Crippen LogP contribution is 2.35. The minimum absolute atomic E-state index is 0.0816. The van der Waals surface area contributed by atoms with E-state index in [2.05, 4.69) is 30.3 Å². The molecule has 0 saturated heterocycles. The van der Waals surface area contributed by atoms with E-state index in [-0.39, 0.29) is 5.92 Å². The first-order valence-corrected chi connectivity index (χ1v) is 8.86. The van der Waals surface area contributed by atoms with Crippen LogP contribution >= 0.6 is 0 Å². The number of hydrogen-bond donors (Lipinski definition) is 0. The van der Waals surface area contributed by atoms with Crippen LogP contribution in [0.4, 0.5) is 0 Å². The summed E-state index contributed by atoms with van der Waals surface area (Å²) in [5.74, 6) is -0.510. The molecule has 0 fully saturated rings. The first kappa shape index (κ1) is 17.0. The van der Waals surface area contributed by atoms with Gasteiger partial charge in [0.05, 0.1) is 18.7 Å². The summed E-state index contributed by atoms with van der Waals surface area (Å²) in [6, 6.07) is 30.3. The second-order valence-corrected chi connectivity index (χ2v) is 6.36. The molecule has 3 nitrogen and oxygen atoms in total. The fourth-order valence-electron chi connectivity index (χ4n) is 3.45. The van der Waals surface area contributed by atoms with Crippen LogP contribution in [0.15, 0.2) is 91.0 Å². The van der Waals surface area contributed by atoms with Crippen LogP contribution in [0, 0.1) is 0 Å². The number of pyridine rings is 1. The van der Waals surface area contributed by atoms with Crippen LogP contribution in [-0.2, 0) is 4.74 Å². The van der Waals surface area contributed by atoms with Gasteiger partial charge < -0.3 is 4.74 Å². The van der Waals surface area contributed by atoms with Crippen molar-refractivity contribution in [2.75, 3.05) is 7.11 Å². The van der Waals surface area contributed by atoms with E-state index in [0.717, 1.165) is 27.6 Å². The highest BCUT2D eigenvalue weighted by atomic mass is 16.5. The summed E-state index contributed by atoms with van der Waals surface area (Å²) in [5.41, 5.74) is 3.43. The van der Waals surface area contributed by atoms with Gasteiger partial charge in [-0.2, -0.15) is 0 Å². The number of rotatable bonds is 4. The third kappa shape index (κ3) is 3.32. The third-order valence-electron chi connectivity index (χ3n) is 4.70. The zero-order chi connectivity index (χ0) is 18.6. The van der Waals surface area contributed by atoms with E-state index in [4.69, 9.17) is 9.72 Å². The van der Waals surface area contributed by atoms with Crippen molar-refractivity contribution in [3.8, 4) is 0 Å². The average molecular weight is 353 g/mol. The molecule has 0 unspecified atom stereocenters. The van der Waals surface area contributed by atoms with Crippen molar-refractivity contribution in [2.45, 2.75) is 5.92 Å². The first-order valence-electron chi connectivity index (χ1n) is 8.86. The van der Waals surface area contributed by atoms with Gasteiger partial charge in [0.1, 0.15) is 5.69 Å². The van der Waals surface area contributed by atoms with Crippen LogP contribution in [0.3, 0.4) is 0 Å². The lowest BCUT2D eigenvalue weighted by Gasteiger charge is -2.20. The number of carbonyl (C=O) groups excluding carboxylic acids is 1. The van der Waals surface area contributed by atoms with Gasteiger partial charge in [-0.15, -0.1) is 0 Å². The highest BCUT2D eigenvalue weighted by Gasteiger charge is 2.22. The fourth-order valence-corrected chi connectivity index (χ4v) is 3.45. The van der Waals surface area contributed by atoms with Crippen LogP contribution in [0.1, 0.15) is 33.2 Å². The van der Waals surface area contributed by atoms with Crippen molar-refractivity contribution < 1.29 is 9.53 Å². The van der Waals surface area contributed by atoms with Crippen molar-refractivity contribution >= 4 is 16.7 Å². The van der Waals surface area contributed by atoms with Crippen molar-refractivity contribution in [1.82, 2.24) is 4.98 Å². The molecule has 3 heteroatoms. The summed E-state index contributed by atoms with van der Waals surface area (Å²) in [6.45, 7) is 0. The van der Waals surface area contributed by atoms with Gasteiger partial charge in [-0.3, -0.25) is 0 Å². The van der Waals surface area contributed by atoms with Gasteiger partial charge in [0.15, 0.2) is 0 Å². The normalized spacial score (nSPS) is 10.9. The van der Waals surface area contributed by atoms with Gasteiger partial charge in [0.25, 0.3) is 0 Å². The lowest BCUT2D eigenvalue weighted by molar-refractivity contribution is 0.0594. The molecule has 1 heterocycles. The molecule has 3 aromatic carbocycles. The lowest BCUT2D eigenvalue weighted by Crippen LogP contribution is -2.11. The number of hydrogen-bond acceptors (Lipinski definition) is 3. The molecule has 0 N–H and O–H groups in total. The molecule has 0 amide bonds. The summed E-state index contributed by atoms with van der Waals surface area (Å²) >= 11 is 0. The summed E-state index contributed by atoms with van der Waals surface area (Å²) in [7, 11) is 1.38. The van der Waals surface area contributed by atoms with E-state index >= 15 is 0 Å². The molecule has 0 aliphatic heterocycles. The number of aromatic nitrogens is 1. The van der Waals surface area contributed by atoms with Gasteiger partial charge in [0, 0.05) is 5.39 Å². The van der Waals surface area contributed by atoms with E-state index < -0.39 is 5.97 Å². The van der Waals surface area contributed by atoms with Crippen molar-refractivity contribution in [2.24, 2.45) is 0 Å². The molecule has 1 aromatic heterocycles. The Hall–Kier alpha value is -3.46. The molecule has 0 aliphatic carbocycles. The smallest absolute Gasteiger partial charge is 0.356 e. The maximum atomic E-state index is 12.2. The zero-order valence-corrected chi connectivity index (χ0v) is 15.0. The second-order valence-electron chi connectivity index (χ2n) is 6.36. The SMILES string of the molecule is COC(=O)c1cc2ccccc2c(C(c2ccccc2)c2ccccc2)n1. The Kier molecular flexibility index (Phi) is 4.67. The molecular weight excluding hydrogens is 334 g/mol. The molecule has 4 rings (SSSR count). The molecule has 4 aromatic rings. The summed E-state index contributed by atoms with van der Waals surface area (Å²) in [4.78, 5) is 17.0. The predicted molar refractivity (Wildman–Crippen MR) is 107 cm³/mol. The second kappa shape index (κ2) is 7.42. The summed E-state index contributed by atoms with van der Waals surface area (Å²) in [5, 5.41) is 2.00. The molecule has 0 spiro atoms. The van der Waals surface area contributed by atoms with E-state index in [1.54, 1.807) is 6.07 Å². The molecular formula is C24H19NO2. The van der Waals surface area contributed by atoms with Gasteiger partial charge in [-0.05, 0) is 22.6 Å². The summed E-state index contributed by atoms with van der Waals surface area (Å²) < 4.78 is 4.93. The number of ether oxygens (including phenoxy) is 1. The number of carbonyl (C=O) groups is 1. The Morgan fingerprint density at radius 3 is 1.96 bits per heavy atom. The Labute approximate surface area is 158 Å². The molecule has 0 radical (unpaired) electrons. The molecule has 0 aliphatic rings. The standard InChI is InChI=1S/C24H19NO2/c1-27-24(26)21-16-19-14-8-9-15-20(19)23(25-21)22(17-10-4-2-5-11-17)18-12-6-3-7-13-18/h2-16,22H,1H3. The van der Waals surface area contributed by atoms with Crippen LogP contribution in [-0.4, -0.2) is 18.1 Å². The van der Waals surface area contributed by atoms with Crippen LogP contribution in [0.2, 0.25) is 0 Å². The predicted octanol–water partition coefficient (Wildman–Crippen LogP) is 5.20. The van der Waals surface area contributed by atoms with E-state index in [1.165, 1.54) is 7.11 Å². The maximum Gasteiger partial charge on any atom is 0.356 e. The average Bonchev–Trinajstić information content (AvgIpc) is 2.74. The Morgan fingerprint density at radius 1 is 0.815 bits per heavy atom. The van der Waals surface area contributed by atoms with Gasteiger partial charge >= 0.3 is 5.97 Å². The van der Waals surface area contributed by atoms with E-state index in [9.17, 15) is 4.79 Å². The van der Waals surface area contributed by atoms with Crippen LogP contribution < -0.4 is 0 Å². The summed E-state index contributed by atoms with van der Waals surface area (Å²) in [6.07, 6.45) is 0. The number of methoxy groups -OCH3 is 1.